The van der Waals surface area contributed by atoms with Gasteiger partial charge >= 0.3 is 0 Å². The molecule has 3 rings (SSSR count). The van der Waals surface area contributed by atoms with Crippen molar-refractivity contribution in [3.63, 3.8) is 0 Å². The van der Waals surface area contributed by atoms with Gasteiger partial charge in [0.05, 0.1) is 23.7 Å². The second-order valence-corrected chi connectivity index (χ2v) is 9.12. The standard InChI is InChI=1S/C25H28ClF2N3O4/c1-15(2)21-14-35-22-8-5-16(26)11-19(22)24(33)29-9-3-4-10-31(13-23(32)30-21)25(34)18-7-6-17(27)12-20(18)28/h5-8,11-12,15,21H,3-4,9-10,13-14H2,1-2H3,(H,29,33)(H,30,32)/t21-/m0/s1. The molecule has 2 aromatic rings. The zero-order valence-corrected chi connectivity index (χ0v) is 20.3. The molecule has 0 unspecified atom stereocenters. The number of benzene rings is 2. The molecular weight excluding hydrogens is 480 g/mol. The van der Waals surface area contributed by atoms with Crippen LogP contribution in [0.4, 0.5) is 8.78 Å². The molecule has 0 aromatic heterocycles. The lowest BCUT2D eigenvalue weighted by Gasteiger charge is -2.26. The van der Waals surface area contributed by atoms with E-state index in [1.807, 2.05) is 13.8 Å². The van der Waals surface area contributed by atoms with Crippen LogP contribution in [-0.4, -0.2) is 54.9 Å². The van der Waals surface area contributed by atoms with Crippen molar-refractivity contribution in [2.75, 3.05) is 26.2 Å². The summed E-state index contributed by atoms with van der Waals surface area (Å²) in [4.78, 5) is 39.8. The van der Waals surface area contributed by atoms with Crippen molar-refractivity contribution in [3.05, 3.63) is 64.2 Å². The van der Waals surface area contributed by atoms with Gasteiger partial charge in [0.25, 0.3) is 11.8 Å². The Morgan fingerprint density at radius 1 is 1.14 bits per heavy atom. The van der Waals surface area contributed by atoms with Gasteiger partial charge in [-0.25, -0.2) is 8.78 Å². The average molecular weight is 508 g/mol. The van der Waals surface area contributed by atoms with Gasteiger partial charge in [-0.3, -0.25) is 14.4 Å². The van der Waals surface area contributed by atoms with E-state index in [-0.39, 0.29) is 42.6 Å². The summed E-state index contributed by atoms with van der Waals surface area (Å²) in [7, 11) is 0. The van der Waals surface area contributed by atoms with Gasteiger partial charge in [0, 0.05) is 24.2 Å². The highest BCUT2D eigenvalue weighted by Gasteiger charge is 2.25. The van der Waals surface area contributed by atoms with Crippen LogP contribution in [0, 0.1) is 17.6 Å². The van der Waals surface area contributed by atoms with Crippen molar-refractivity contribution in [2.24, 2.45) is 5.92 Å². The van der Waals surface area contributed by atoms with Crippen molar-refractivity contribution in [2.45, 2.75) is 32.7 Å². The summed E-state index contributed by atoms with van der Waals surface area (Å²) in [6.07, 6.45) is 0.934. The molecule has 188 valence electrons. The van der Waals surface area contributed by atoms with Crippen LogP contribution in [0.2, 0.25) is 5.02 Å². The van der Waals surface area contributed by atoms with Crippen LogP contribution in [0.15, 0.2) is 36.4 Å². The maximum Gasteiger partial charge on any atom is 0.257 e. The first-order valence-corrected chi connectivity index (χ1v) is 11.8. The average Bonchev–Trinajstić information content (AvgIpc) is 2.80. The van der Waals surface area contributed by atoms with E-state index in [1.165, 1.54) is 11.0 Å². The Morgan fingerprint density at radius 3 is 2.63 bits per heavy atom. The second-order valence-electron chi connectivity index (χ2n) is 8.68. The zero-order valence-electron chi connectivity index (χ0n) is 19.6. The molecule has 0 saturated carbocycles. The van der Waals surface area contributed by atoms with Crippen molar-refractivity contribution >= 4 is 29.3 Å². The molecule has 0 saturated heterocycles. The fraction of sp³-hybridized carbons (Fsp3) is 0.400. The van der Waals surface area contributed by atoms with Crippen LogP contribution in [0.1, 0.15) is 47.4 Å². The summed E-state index contributed by atoms with van der Waals surface area (Å²) < 4.78 is 33.4. The second kappa shape index (κ2) is 12.0. The Bertz CT molecular complexity index is 1100. The highest BCUT2D eigenvalue weighted by molar-refractivity contribution is 6.31. The molecular formula is C25H28ClF2N3O4. The van der Waals surface area contributed by atoms with Crippen LogP contribution < -0.4 is 15.4 Å². The predicted molar refractivity (Wildman–Crippen MR) is 128 cm³/mol. The molecule has 2 N–H and O–H groups in total. The number of rotatable bonds is 2. The third kappa shape index (κ3) is 7.14. The molecule has 35 heavy (non-hydrogen) atoms. The Hall–Kier alpha value is -3.20. The Balaban J connectivity index is 1.84. The van der Waals surface area contributed by atoms with Crippen LogP contribution in [0.25, 0.3) is 0 Å². The van der Waals surface area contributed by atoms with E-state index in [1.54, 1.807) is 12.1 Å². The summed E-state index contributed by atoms with van der Waals surface area (Å²) in [5, 5.41) is 6.05. The van der Waals surface area contributed by atoms with Gasteiger partial charge in [-0.2, -0.15) is 0 Å². The van der Waals surface area contributed by atoms with E-state index in [9.17, 15) is 23.2 Å². The molecule has 1 aliphatic heterocycles. The number of hydrogen-bond acceptors (Lipinski definition) is 4. The summed E-state index contributed by atoms with van der Waals surface area (Å²) in [5.74, 6) is -3.00. The molecule has 3 amide bonds. The maximum absolute atomic E-state index is 14.3. The van der Waals surface area contributed by atoms with Crippen molar-refractivity contribution in [3.8, 4) is 5.75 Å². The van der Waals surface area contributed by atoms with Gasteiger partial charge in [-0.1, -0.05) is 25.4 Å². The highest BCUT2D eigenvalue weighted by Crippen LogP contribution is 2.24. The first kappa shape index (κ1) is 26.4. The van der Waals surface area contributed by atoms with Gasteiger partial charge < -0.3 is 20.3 Å². The summed E-state index contributed by atoms with van der Waals surface area (Å²) in [6, 6.07) is 6.99. The van der Waals surface area contributed by atoms with E-state index >= 15 is 0 Å². The molecule has 0 fully saturated rings. The van der Waals surface area contributed by atoms with E-state index in [2.05, 4.69) is 10.6 Å². The third-order valence-electron chi connectivity index (χ3n) is 5.68. The lowest BCUT2D eigenvalue weighted by atomic mass is 10.1. The Kier molecular flexibility index (Phi) is 9.03. The molecule has 0 bridgehead atoms. The lowest BCUT2D eigenvalue weighted by molar-refractivity contribution is -0.123. The lowest BCUT2D eigenvalue weighted by Crippen LogP contribution is -2.48. The topological polar surface area (TPSA) is 87.7 Å². The largest absolute Gasteiger partial charge is 0.491 e. The maximum atomic E-state index is 14.3. The molecule has 0 aliphatic carbocycles. The molecule has 1 heterocycles. The first-order valence-electron chi connectivity index (χ1n) is 11.4. The summed E-state index contributed by atoms with van der Waals surface area (Å²) in [6.45, 7) is 4.01. The Morgan fingerprint density at radius 2 is 1.91 bits per heavy atom. The van der Waals surface area contributed by atoms with Crippen LogP contribution in [0.5, 0.6) is 5.75 Å². The summed E-state index contributed by atoms with van der Waals surface area (Å²) >= 11 is 6.07. The quantitative estimate of drug-likeness (QED) is 0.647. The number of carbonyl (C=O) groups is 3. The van der Waals surface area contributed by atoms with Crippen LogP contribution >= 0.6 is 11.6 Å². The molecule has 1 aliphatic rings. The number of amides is 3. The number of nitrogens with zero attached hydrogens (tertiary/aromatic N) is 1. The smallest absolute Gasteiger partial charge is 0.257 e. The number of nitrogens with one attached hydrogen (secondary N) is 2. The number of hydrogen-bond donors (Lipinski definition) is 2. The fourth-order valence-electron chi connectivity index (χ4n) is 3.62. The number of carbonyl (C=O) groups excluding carboxylic acids is 3. The molecule has 0 spiro atoms. The first-order chi connectivity index (χ1) is 16.7. The number of ether oxygens (including phenoxy) is 1. The van der Waals surface area contributed by atoms with Crippen LogP contribution in [0.3, 0.4) is 0 Å². The minimum atomic E-state index is -0.997. The van der Waals surface area contributed by atoms with Crippen LogP contribution in [-0.2, 0) is 4.79 Å². The molecule has 7 nitrogen and oxygen atoms in total. The predicted octanol–water partition coefficient (Wildman–Crippen LogP) is 3.80. The number of halogens is 3. The van der Waals surface area contributed by atoms with Gasteiger partial charge in [0.2, 0.25) is 5.91 Å². The monoisotopic (exact) mass is 507 g/mol. The van der Waals surface area contributed by atoms with E-state index in [4.69, 9.17) is 16.3 Å². The minimum Gasteiger partial charge on any atom is -0.491 e. The van der Waals surface area contributed by atoms with E-state index < -0.39 is 29.5 Å². The van der Waals surface area contributed by atoms with Gasteiger partial charge in [-0.15, -0.1) is 0 Å². The SMILES string of the molecule is CC(C)[C@@H]1COc2ccc(Cl)cc2C(=O)NCCCCN(C(=O)c2ccc(F)cc2F)CC(=O)N1. The highest BCUT2D eigenvalue weighted by atomic mass is 35.5. The van der Waals surface area contributed by atoms with Gasteiger partial charge in [-0.05, 0) is 49.1 Å². The van der Waals surface area contributed by atoms with Gasteiger partial charge in [0.15, 0.2) is 0 Å². The third-order valence-corrected chi connectivity index (χ3v) is 5.91. The van der Waals surface area contributed by atoms with Crippen molar-refractivity contribution < 1.29 is 27.9 Å². The molecule has 1 atom stereocenters. The number of fused-ring (bicyclic) bond motifs is 1. The van der Waals surface area contributed by atoms with Crippen molar-refractivity contribution in [1.82, 2.24) is 15.5 Å². The van der Waals surface area contributed by atoms with E-state index in [0.29, 0.717) is 36.2 Å². The van der Waals surface area contributed by atoms with Crippen molar-refractivity contribution in [1.29, 1.82) is 0 Å². The van der Waals surface area contributed by atoms with Gasteiger partial charge in [0.1, 0.15) is 24.0 Å². The molecule has 0 radical (unpaired) electrons. The van der Waals surface area contributed by atoms with E-state index in [0.717, 1.165) is 12.1 Å². The molecule has 2 aromatic carbocycles. The Labute approximate surface area is 207 Å². The zero-order chi connectivity index (χ0) is 25.5. The normalized spacial score (nSPS) is 18.0. The molecule has 10 heteroatoms. The minimum absolute atomic E-state index is 0.0297. The summed E-state index contributed by atoms with van der Waals surface area (Å²) in [5.41, 5.74) is -0.0358. The fourth-order valence-corrected chi connectivity index (χ4v) is 3.79.